The lowest BCUT2D eigenvalue weighted by Gasteiger charge is -2.07. The number of nitrogens with one attached hydrogen (secondary N) is 1. The van der Waals surface area contributed by atoms with Crippen LogP contribution in [0, 0.1) is 6.92 Å². The van der Waals surface area contributed by atoms with Crippen LogP contribution in [0.5, 0.6) is 5.75 Å². The molecule has 82 valence electrons. The number of aromatic hydroxyl groups is 1. The molecule has 0 aliphatic carbocycles. The number of phenols is 1. The number of amides is 1. The quantitative estimate of drug-likeness (QED) is 0.806. The smallest absolute Gasteiger partial charge is 0.255 e. The van der Waals surface area contributed by atoms with Crippen LogP contribution >= 0.6 is 0 Å². The van der Waals surface area contributed by atoms with Crippen LogP contribution in [0.2, 0.25) is 0 Å². The molecular weight excluding hydrogens is 204 g/mol. The van der Waals surface area contributed by atoms with Gasteiger partial charge < -0.3 is 10.4 Å². The highest BCUT2D eigenvalue weighted by Crippen LogP contribution is 2.19. The molecular formula is C10H11F2NO2. The summed E-state index contributed by atoms with van der Waals surface area (Å²) >= 11 is 0. The predicted molar refractivity (Wildman–Crippen MR) is 51.2 cm³/mol. The van der Waals surface area contributed by atoms with Crippen LogP contribution in [0.25, 0.3) is 0 Å². The van der Waals surface area contributed by atoms with Crippen LogP contribution in [0.1, 0.15) is 15.9 Å². The van der Waals surface area contributed by atoms with Gasteiger partial charge in [-0.1, -0.05) is 6.07 Å². The fourth-order valence-electron chi connectivity index (χ4n) is 1.13. The van der Waals surface area contributed by atoms with Crippen molar-refractivity contribution in [3.8, 4) is 5.75 Å². The van der Waals surface area contributed by atoms with Crippen molar-refractivity contribution < 1.29 is 18.7 Å². The summed E-state index contributed by atoms with van der Waals surface area (Å²) in [4.78, 5) is 11.4. The summed E-state index contributed by atoms with van der Waals surface area (Å²) in [6.07, 6.45) is -2.58. The van der Waals surface area contributed by atoms with Crippen molar-refractivity contribution in [3.05, 3.63) is 29.3 Å². The van der Waals surface area contributed by atoms with Crippen LogP contribution in [-0.2, 0) is 0 Å². The number of hydrogen-bond acceptors (Lipinski definition) is 2. The van der Waals surface area contributed by atoms with Crippen molar-refractivity contribution in [2.24, 2.45) is 0 Å². The van der Waals surface area contributed by atoms with E-state index in [4.69, 9.17) is 0 Å². The molecule has 0 unspecified atom stereocenters. The first-order valence-electron chi connectivity index (χ1n) is 4.37. The maximum Gasteiger partial charge on any atom is 0.255 e. The van der Waals surface area contributed by atoms with E-state index in [0.717, 1.165) is 0 Å². The van der Waals surface area contributed by atoms with E-state index in [1.54, 1.807) is 6.92 Å². The highest BCUT2D eigenvalue weighted by atomic mass is 19.3. The minimum Gasteiger partial charge on any atom is -0.508 e. The molecule has 1 aromatic carbocycles. The van der Waals surface area contributed by atoms with Crippen molar-refractivity contribution in [1.82, 2.24) is 5.32 Å². The lowest BCUT2D eigenvalue weighted by Crippen LogP contribution is -2.28. The second-order valence-corrected chi connectivity index (χ2v) is 3.05. The lowest BCUT2D eigenvalue weighted by molar-refractivity contribution is 0.0890. The summed E-state index contributed by atoms with van der Waals surface area (Å²) < 4.78 is 23.7. The molecule has 15 heavy (non-hydrogen) atoms. The Balaban J connectivity index is 2.78. The Labute approximate surface area is 85.7 Å². The molecule has 5 heteroatoms. The van der Waals surface area contributed by atoms with E-state index < -0.39 is 18.9 Å². The Hall–Kier alpha value is -1.65. The van der Waals surface area contributed by atoms with Gasteiger partial charge in [-0.05, 0) is 19.1 Å². The second-order valence-electron chi connectivity index (χ2n) is 3.05. The molecule has 3 nitrogen and oxygen atoms in total. The van der Waals surface area contributed by atoms with Crippen LogP contribution in [0.3, 0.4) is 0 Å². The Bertz CT molecular complexity index is 366. The molecule has 0 saturated heterocycles. The van der Waals surface area contributed by atoms with Crippen LogP contribution in [-0.4, -0.2) is 24.0 Å². The van der Waals surface area contributed by atoms with Crippen molar-refractivity contribution >= 4 is 5.91 Å². The Morgan fingerprint density at radius 1 is 1.53 bits per heavy atom. The van der Waals surface area contributed by atoms with Crippen LogP contribution in [0.15, 0.2) is 18.2 Å². The molecule has 1 aromatic rings. The summed E-state index contributed by atoms with van der Waals surface area (Å²) in [5, 5.41) is 11.4. The monoisotopic (exact) mass is 215 g/mol. The summed E-state index contributed by atoms with van der Waals surface area (Å²) in [5.41, 5.74) is 0.583. The van der Waals surface area contributed by atoms with E-state index >= 15 is 0 Å². The Morgan fingerprint density at radius 3 is 2.80 bits per heavy atom. The van der Waals surface area contributed by atoms with E-state index in [2.05, 4.69) is 5.32 Å². The van der Waals surface area contributed by atoms with E-state index in [1.807, 2.05) is 0 Å². The van der Waals surface area contributed by atoms with Gasteiger partial charge in [-0.3, -0.25) is 4.79 Å². The molecule has 0 radical (unpaired) electrons. The van der Waals surface area contributed by atoms with Gasteiger partial charge in [-0.15, -0.1) is 0 Å². The van der Waals surface area contributed by atoms with Gasteiger partial charge in [0.05, 0.1) is 6.54 Å². The second kappa shape index (κ2) is 4.72. The molecule has 0 saturated carbocycles. The summed E-state index contributed by atoms with van der Waals surface area (Å²) in [6.45, 7) is 0.862. The largest absolute Gasteiger partial charge is 0.508 e. The van der Waals surface area contributed by atoms with E-state index in [1.165, 1.54) is 18.2 Å². The third-order valence-corrected chi connectivity index (χ3v) is 1.97. The maximum absolute atomic E-state index is 11.8. The first-order valence-corrected chi connectivity index (χ1v) is 4.37. The number of benzene rings is 1. The molecule has 0 aliphatic rings. The van der Waals surface area contributed by atoms with Gasteiger partial charge in [-0.25, -0.2) is 8.78 Å². The van der Waals surface area contributed by atoms with Gasteiger partial charge >= 0.3 is 0 Å². The van der Waals surface area contributed by atoms with E-state index in [-0.39, 0.29) is 11.3 Å². The highest BCUT2D eigenvalue weighted by Gasteiger charge is 2.12. The summed E-state index contributed by atoms with van der Waals surface area (Å²) in [7, 11) is 0. The number of alkyl halides is 2. The Kier molecular flexibility index (Phi) is 3.60. The number of rotatable bonds is 3. The molecule has 0 atom stereocenters. The average molecular weight is 215 g/mol. The zero-order valence-corrected chi connectivity index (χ0v) is 8.13. The van der Waals surface area contributed by atoms with Crippen LogP contribution in [0.4, 0.5) is 8.78 Å². The minimum atomic E-state index is -2.58. The van der Waals surface area contributed by atoms with Crippen LogP contribution < -0.4 is 5.32 Å². The van der Waals surface area contributed by atoms with Crippen molar-refractivity contribution in [2.45, 2.75) is 13.3 Å². The van der Waals surface area contributed by atoms with Gasteiger partial charge in [0, 0.05) is 11.1 Å². The topological polar surface area (TPSA) is 49.3 Å². The summed E-state index contributed by atoms with van der Waals surface area (Å²) in [5.74, 6) is -0.636. The van der Waals surface area contributed by atoms with Gasteiger partial charge in [0.15, 0.2) is 0 Å². The first kappa shape index (κ1) is 11.4. The number of halogens is 2. The third-order valence-electron chi connectivity index (χ3n) is 1.97. The van der Waals surface area contributed by atoms with Crippen molar-refractivity contribution in [3.63, 3.8) is 0 Å². The highest BCUT2D eigenvalue weighted by molar-refractivity contribution is 5.96. The number of carbonyl (C=O) groups excluding carboxylic acids is 1. The minimum absolute atomic E-state index is 0.0281. The molecule has 0 fully saturated rings. The normalized spacial score (nSPS) is 10.4. The van der Waals surface area contributed by atoms with Gasteiger partial charge in [0.1, 0.15) is 5.75 Å². The SMILES string of the molecule is Cc1c(O)cccc1C(=O)NCC(F)F. The van der Waals surface area contributed by atoms with Gasteiger partial charge in [-0.2, -0.15) is 0 Å². The first-order chi connectivity index (χ1) is 7.02. The molecule has 0 bridgehead atoms. The molecule has 0 aliphatic heterocycles. The number of phenolic OH excluding ortho intramolecular Hbond substituents is 1. The van der Waals surface area contributed by atoms with E-state index in [0.29, 0.717) is 5.56 Å². The molecule has 0 aromatic heterocycles. The Morgan fingerprint density at radius 2 is 2.20 bits per heavy atom. The number of carbonyl (C=O) groups is 1. The molecule has 1 rings (SSSR count). The zero-order chi connectivity index (χ0) is 11.4. The number of hydrogen-bond donors (Lipinski definition) is 2. The van der Waals surface area contributed by atoms with Crippen molar-refractivity contribution in [1.29, 1.82) is 0 Å². The third kappa shape index (κ3) is 2.90. The predicted octanol–water partition coefficient (Wildman–Crippen LogP) is 1.70. The van der Waals surface area contributed by atoms with Gasteiger partial charge in [0.25, 0.3) is 12.3 Å². The average Bonchev–Trinajstić information content (AvgIpc) is 2.18. The lowest BCUT2D eigenvalue weighted by atomic mass is 10.1. The zero-order valence-electron chi connectivity index (χ0n) is 8.13. The van der Waals surface area contributed by atoms with Gasteiger partial charge in [0.2, 0.25) is 0 Å². The molecule has 0 heterocycles. The maximum atomic E-state index is 11.8. The fourth-order valence-corrected chi connectivity index (χ4v) is 1.13. The summed E-state index contributed by atoms with van der Waals surface area (Å²) in [6, 6.07) is 4.38. The fraction of sp³-hybridized carbons (Fsp3) is 0.300. The van der Waals surface area contributed by atoms with Crippen molar-refractivity contribution in [2.75, 3.05) is 6.54 Å². The van der Waals surface area contributed by atoms with E-state index in [9.17, 15) is 18.7 Å². The molecule has 1 amide bonds. The molecule has 2 N–H and O–H groups in total. The standard InChI is InChI=1S/C10H11F2NO2/c1-6-7(3-2-4-8(6)14)10(15)13-5-9(11)12/h2-4,9,14H,5H2,1H3,(H,13,15). The molecule has 0 spiro atoms.